The Balaban J connectivity index is 2.04. The summed E-state index contributed by atoms with van der Waals surface area (Å²) in [5.74, 6) is 0.787. The molecule has 2 atom stereocenters. The van der Waals surface area contributed by atoms with E-state index in [1.807, 2.05) is 0 Å². The van der Waals surface area contributed by atoms with E-state index in [2.05, 4.69) is 49.9 Å². The number of likely N-dealkylation sites (N-methyl/N-ethyl adjacent to an activating group) is 1. The molecule has 0 amide bonds. The number of rotatable bonds is 1. The van der Waals surface area contributed by atoms with Crippen molar-refractivity contribution >= 4 is 0 Å². The lowest BCUT2D eigenvalue weighted by atomic mass is 9.84. The van der Waals surface area contributed by atoms with E-state index in [1.165, 1.54) is 25.1 Å². The maximum absolute atomic E-state index is 2.47. The number of nitrogens with zero attached hydrogens (tertiary/aromatic N) is 2. The van der Waals surface area contributed by atoms with Crippen molar-refractivity contribution in [3.05, 3.63) is 23.4 Å². The summed E-state index contributed by atoms with van der Waals surface area (Å²) >= 11 is 0. The monoisotopic (exact) mass is 220 g/mol. The standard InChI is InChI=1S/C14H24N2/c1-11-9-13(5-7-15(11)3)14-6-8-16(4)12(2)10-14/h5,9,12,14H,6-8,10H2,1-4H3. The third-order valence-electron chi connectivity index (χ3n) is 4.26. The molecule has 2 heterocycles. The fourth-order valence-electron chi connectivity index (χ4n) is 2.67. The second-order valence-corrected chi connectivity index (χ2v) is 5.42. The minimum Gasteiger partial charge on any atom is -0.374 e. The average Bonchev–Trinajstić information content (AvgIpc) is 2.26. The van der Waals surface area contributed by atoms with Gasteiger partial charge in [0.15, 0.2) is 0 Å². The molecule has 1 saturated heterocycles. The number of allylic oxidation sites excluding steroid dienone is 3. The fourth-order valence-corrected chi connectivity index (χ4v) is 2.67. The Morgan fingerprint density at radius 3 is 2.69 bits per heavy atom. The molecule has 16 heavy (non-hydrogen) atoms. The van der Waals surface area contributed by atoms with Gasteiger partial charge >= 0.3 is 0 Å². The molecule has 2 nitrogen and oxygen atoms in total. The maximum atomic E-state index is 2.47. The molecule has 90 valence electrons. The fraction of sp³-hybridized carbons (Fsp3) is 0.714. The van der Waals surface area contributed by atoms with Crippen LogP contribution in [0, 0.1) is 5.92 Å². The van der Waals surface area contributed by atoms with Crippen LogP contribution in [0.4, 0.5) is 0 Å². The van der Waals surface area contributed by atoms with Gasteiger partial charge in [-0.1, -0.05) is 6.08 Å². The molecule has 2 aliphatic rings. The van der Waals surface area contributed by atoms with Gasteiger partial charge in [0.1, 0.15) is 0 Å². The highest BCUT2D eigenvalue weighted by molar-refractivity contribution is 5.29. The van der Waals surface area contributed by atoms with Crippen molar-refractivity contribution in [1.82, 2.24) is 9.80 Å². The molecule has 0 aliphatic carbocycles. The summed E-state index contributed by atoms with van der Waals surface area (Å²) < 4.78 is 0. The first-order valence-corrected chi connectivity index (χ1v) is 6.37. The van der Waals surface area contributed by atoms with E-state index in [0.717, 1.165) is 18.5 Å². The summed E-state index contributed by atoms with van der Waals surface area (Å²) in [6, 6.07) is 0.730. The predicted molar refractivity (Wildman–Crippen MR) is 69.3 cm³/mol. The molecule has 0 saturated carbocycles. The summed E-state index contributed by atoms with van der Waals surface area (Å²) in [7, 11) is 4.40. The molecule has 2 heteroatoms. The van der Waals surface area contributed by atoms with Crippen LogP contribution in [-0.4, -0.2) is 43.0 Å². The van der Waals surface area contributed by atoms with Crippen molar-refractivity contribution in [2.45, 2.75) is 32.7 Å². The third-order valence-corrected chi connectivity index (χ3v) is 4.26. The summed E-state index contributed by atoms with van der Waals surface area (Å²) in [4.78, 5) is 4.78. The molecular formula is C14H24N2. The molecule has 2 aliphatic heterocycles. The smallest absolute Gasteiger partial charge is 0.0359 e. The lowest BCUT2D eigenvalue weighted by molar-refractivity contribution is 0.169. The zero-order valence-corrected chi connectivity index (χ0v) is 11.0. The molecule has 0 aromatic heterocycles. The highest BCUT2D eigenvalue weighted by atomic mass is 15.1. The number of likely N-dealkylation sites (tertiary alicyclic amines) is 1. The Hall–Kier alpha value is -0.760. The topological polar surface area (TPSA) is 6.48 Å². The Morgan fingerprint density at radius 2 is 2.06 bits per heavy atom. The molecule has 0 aromatic carbocycles. The van der Waals surface area contributed by atoms with Gasteiger partial charge in [-0.05, 0) is 57.8 Å². The van der Waals surface area contributed by atoms with E-state index >= 15 is 0 Å². The maximum Gasteiger partial charge on any atom is 0.0359 e. The average molecular weight is 220 g/mol. The third kappa shape index (κ3) is 2.32. The zero-order valence-electron chi connectivity index (χ0n) is 11.0. The van der Waals surface area contributed by atoms with Crippen molar-refractivity contribution in [2.75, 3.05) is 27.2 Å². The van der Waals surface area contributed by atoms with Gasteiger partial charge in [0.05, 0.1) is 0 Å². The minimum absolute atomic E-state index is 0.730. The second kappa shape index (κ2) is 4.62. The summed E-state index contributed by atoms with van der Waals surface area (Å²) in [6.07, 6.45) is 7.43. The van der Waals surface area contributed by atoms with Gasteiger partial charge in [0, 0.05) is 25.3 Å². The van der Waals surface area contributed by atoms with Crippen LogP contribution >= 0.6 is 0 Å². The Labute approximate surface area is 99.6 Å². The Bertz CT molecular complexity index is 317. The van der Waals surface area contributed by atoms with Crippen LogP contribution in [0.5, 0.6) is 0 Å². The van der Waals surface area contributed by atoms with E-state index in [-0.39, 0.29) is 0 Å². The second-order valence-electron chi connectivity index (χ2n) is 5.42. The van der Waals surface area contributed by atoms with Gasteiger partial charge in [-0.15, -0.1) is 0 Å². The van der Waals surface area contributed by atoms with Crippen molar-refractivity contribution in [2.24, 2.45) is 5.92 Å². The van der Waals surface area contributed by atoms with Crippen molar-refractivity contribution in [1.29, 1.82) is 0 Å². The Kier molecular flexibility index (Phi) is 3.38. The number of hydrogen-bond donors (Lipinski definition) is 0. The Morgan fingerprint density at radius 1 is 1.31 bits per heavy atom. The van der Waals surface area contributed by atoms with Crippen LogP contribution in [0.15, 0.2) is 23.4 Å². The molecule has 2 unspecified atom stereocenters. The molecule has 2 rings (SSSR count). The van der Waals surface area contributed by atoms with E-state index in [0.29, 0.717) is 0 Å². The summed E-state index contributed by atoms with van der Waals surface area (Å²) in [5, 5.41) is 0. The van der Waals surface area contributed by atoms with Crippen LogP contribution < -0.4 is 0 Å². The van der Waals surface area contributed by atoms with E-state index in [1.54, 1.807) is 5.57 Å². The summed E-state index contributed by atoms with van der Waals surface area (Å²) in [5.41, 5.74) is 2.99. The van der Waals surface area contributed by atoms with Crippen LogP contribution in [0.1, 0.15) is 26.7 Å². The molecule has 0 radical (unpaired) electrons. The molecule has 1 fully saturated rings. The molecule has 0 aromatic rings. The highest BCUT2D eigenvalue weighted by Crippen LogP contribution is 2.30. The first-order chi connectivity index (χ1) is 7.58. The quantitative estimate of drug-likeness (QED) is 0.670. The SMILES string of the molecule is CC1=CC(C2CCN(C)C(C)C2)=CCN1C. The van der Waals surface area contributed by atoms with Crippen molar-refractivity contribution < 1.29 is 0 Å². The van der Waals surface area contributed by atoms with Crippen LogP contribution in [-0.2, 0) is 0 Å². The lowest BCUT2D eigenvalue weighted by Gasteiger charge is -2.37. The van der Waals surface area contributed by atoms with Crippen molar-refractivity contribution in [3.63, 3.8) is 0 Å². The van der Waals surface area contributed by atoms with Crippen LogP contribution in [0.3, 0.4) is 0 Å². The zero-order chi connectivity index (χ0) is 11.7. The van der Waals surface area contributed by atoms with E-state index in [4.69, 9.17) is 0 Å². The lowest BCUT2D eigenvalue weighted by Crippen LogP contribution is -2.38. The van der Waals surface area contributed by atoms with Gasteiger partial charge in [-0.25, -0.2) is 0 Å². The molecule has 0 spiro atoms. The van der Waals surface area contributed by atoms with E-state index in [9.17, 15) is 0 Å². The predicted octanol–water partition coefficient (Wildman–Crippen LogP) is 2.49. The first-order valence-electron chi connectivity index (χ1n) is 6.37. The molecule has 0 N–H and O–H groups in total. The molecule has 0 bridgehead atoms. The molecular weight excluding hydrogens is 196 g/mol. The normalized spacial score (nSPS) is 32.4. The van der Waals surface area contributed by atoms with Crippen molar-refractivity contribution in [3.8, 4) is 0 Å². The van der Waals surface area contributed by atoms with Gasteiger partial charge in [0.2, 0.25) is 0 Å². The van der Waals surface area contributed by atoms with E-state index < -0.39 is 0 Å². The van der Waals surface area contributed by atoms with Gasteiger partial charge in [0.25, 0.3) is 0 Å². The largest absolute Gasteiger partial charge is 0.374 e. The number of hydrogen-bond acceptors (Lipinski definition) is 2. The van der Waals surface area contributed by atoms with Crippen LogP contribution in [0.2, 0.25) is 0 Å². The number of piperidine rings is 1. The van der Waals surface area contributed by atoms with Gasteiger partial charge in [-0.3, -0.25) is 0 Å². The van der Waals surface area contributed by atoms with Gasteiger partial charge < -0.3 is 9.80 Å². The van der Waals surface area contributed by atoms with Gasteiger partial charge in [-0.2, -0.15) is 0 Å². The minimum atomic E-state index is 0.730. The summed E-state index contributed by atoms with van der Waals surface area (Å²) in [6.45, 7) is 6.88. The first kappa shape index (κ1) is 11.7. The van der Waals surface area contributed by atoms with Crippen LogP contribution in [0.25, 0.3) is 0 Å². The highest BCUT2D eigenvalue weighted by Gasteiger charge is 2.25.